The fraction of sp³-hybridized carbons (Fsp3) is 0.389. The molecule has 134 valence electrons. The van der Waals surface area contributed by atoms with Gasteiger partial charge in [-0.3, -0.25) is 14.8 Å². The first-order chi connectivity index (χ1) is 12.6. The van der Waals surface area contributed by atoms with Gasteiger partial charge in [-0.05, 0) is 32.6 Å². The molecule has 26 heavy (non-hydrogen) atoms. The van der Waals surface area contributed by atoms with Crippen molar-refractivity contribution >= 4 is 17.2 Å². The zero-order valence-electron chi connectivity index (χ0n) is 14.7. The summed E-state index contributed by atoms with van der Waals surface area (Å²) in [7, 11) is 0. The molecule has 0 aromatic carbocycles. The van der Waals surface area contributed by atoms with Crippen LogP contribution in [0.4, 0.5) is 0 Å². The van der Waals surface area contributed by atoms with Gasteiger partial charge in [0.15, 0.2) is 0 Å². The Morgan fingerprint density at radius 2 is 2.19 bits per heavy atom. The highest BCUT2D eigenvalue weighted by Gasteiger charge is 2.28. The average Bonchev–Trinajstić information content (AvgIpc) is 3.38. The molecule has 1 atom stereocenters. The molecule has 0 radical (unpaired) electrons. The number of amides is 1. The van der Waals surface area contributed by atoms with Crippen molar-refractivity contribution in [2.75, 3.05) is 13.1 Å². The maximum Gasteiger partial charge on any atom is 0.273 e. The molecule has 4 rings (SSSR count). The van der Waals surface area contributed by atoms with Crippen LogP contribution in [-0.2, 0) is 6.42 Å². The highest BCUT2D eigenvalue weighted by Crippen LogP contribution is 2.25. The standard InChI is InChI=1S/C18H19N5O2S/c1-11-17(12(2)25-22-11)15-7-19-14(6-20-15)5-13-3-4-23(8-13)18(24)16-9-26-10-21-16/h6-7,9-10,13H,3-5,8H2,1-2H3/t13-/m1/s1. The molecule has 3 aromatic rings. The van der Waals surface area contributed by atoms with Gasteiger partial charge in [-0.15, -0.1) is 11.3 Å². The lowest BCUT2D eigenvalue weighted by atomic mass is 10.0. The van der Waals surface area contributed by atoms with Crippen molar-refractivity contribution in [2.24, 2.45) is 5.92 Å². The molecule has 1 aliphatic heterocycles. The molecular formula is C18H19N5O2S. The summed E-state index contributed by atoms with van der Waals surface area (Å²) in [5, 5.41) is 5.76. The Morgan fingerprint density at radius 3 is 2.85 bits per heavy atom. The van der Waals surface area contributed by atoms with Gasteiger partial charge >= 0.3 is 0 Å². The number of aromatic nitrogens is 4. The van der Waals surface area contributed by atoms with Crippen LogP contribution in [-0.4, -0.2) is 44.0 Å². The first-order valence-electron chi connectivity index (χ1n) is 8.53. The zero-order chi connectivity index (χ0) is 18.1. The van der Waals surface area contributed by atoms with E-state index in [0.29, 0.717) is 11.6 Å². The highest BCUT2D eigenvalue weighted by molar-refractivity contribution is 7.07. The predicted octanol–water partition coefficient (Wildman–Crippen LogP) is 2.91. The summed E-state index contributed by atoms with van der Waals surface area (Å²) >= 11 is 1.44. The third-order valence-corrected chi connectivity index (χ3v) is 5.30. The quantitative estimate of drug-likeness (QED) is 0.703. The van der Waals surface area contributed by atoms with Crippen molar-refractivity contribution in [2.45, 2.75) is 26.7 Å². The van der Waals surface area contributed by atoms with Crippen molar-refractivity contribution in [1.29, 1.82) is 0 Å². The van der Waals surface area contributed by atoms with Crippen LogP contribution in [0.1, 0.15) is 34.1 Å². The molecule has 4 heterocycles. The smallest absolute Gasteiger partial charge is 0.273 e. The molecule has 0 unspecified atom stereocenters. The molecule has 0 bridgehead atoms. The number of aryl methyl sites for hydroxylation is 2. The van der Waals surface area contributed by atoms with Gasteiger partial charge in [0.1, 0.15) is 11.5 Å². The lowest BCUT2D eigenvalue weighted by Gasteiger charge is -2.15. The van der Waals surface area contributed by atoms with Gasteiger partial charge in [0.05, 0.1) is 34.4 Å². The molecule has 0 N–H and O–H groups in total. The van der Waals surface area contributed by atoms with Crippen LogP contribution < -0.4 is 0 Å². The highest BCUT2D eigenvalue weighted by atomic mass is 32.1. The number of likely N-dealkylation sites (tertiary alicyclic amines) is 1. The Morgan fingerprint density at radius 1 is 1.31 bits per heavy atom. The molecule has 0 saturated carbocycles. The fourth-order valence-corrected chi connectivity index (χ4v) is 3.92. The van der Waals surface area contributed by atoms with Crippen molar-refractivity contribution in [1.82, 2.24) is 25.0 Å². The number of carbonyl (C=O) groups excluding carboxylic acids is 1. The van der Waals surface area contributed by atoms with E-state index in [9.17, 15) is 4.79 Å². The van der Waals surface area contributed by atoms with Crippen LogP contribution in [0.5, 0.6) is 0 Å². The van der Waals surface area contributed by atoms with Gasteiger partial charge < -0.3 is 9.42 Å². The molecule has 3 aromatic heterocycles. The summed E-state index contributed by atoms with van der Waals surface area (Å²) < 4.78 is 5.19. The molecule has 1 amide bonds. The van der Waals surface area contributed by atoms with Gasteiger partial charge in [-0.2, -0.15) is 0 Å². The van der Waals surface area contributed by atoms with Crippen LogP contribution in [0.15, 0.2) is 27.8 Å². The second-order valence-corrected chi connectivity index (χ2v) is 7.29. The van der Waals surface area contributed by atoms with Gasteiger partial charge in [0.25, 0.3) is 5.91 Å². The molecule has 0 spiro atoms. The average molecular weight is 369 g/mol. The number of thiazole rings is 1. The van der Waals surface area contributed by atoms with E-state index < -0.39 is 0 Å². The van der Waals surface area contributed by atoms with Crippen LogP contribution in [0, 0.1) is 19.8 Å². The first kappa shape index (κ1) is 16.8. The van der Waals surface area contributed by atoms with E-state index in [-0.39, 0.29) is 5.91 Å². The summed E-state index contributed by atoms with van der Waals surface area (Å²) in [6.07, 6.45) is 5.38. The summed E-state index contributed by atoms with van der Waals surface area (Å²) in [6, 6.07) is 0. The van der Waals surface area contributed by atoms with Crippen molar-refractivity contribution in [3.63, 3.8) is 0 Å². The molecule has 7 nitrogen and oxygen atoms in total. The van der Waals surface area contributed by atoms with E-state index >= 15 is 0 Å². The van der Waals surface area contributed by atoms with E-state index in [1.165, 1.54) is 11.3 Å². The van der Waals surface area contributed by atoms with E-state index in [2.05, 4.69) is 20.1 Å². The van der Waals surface area contributed by atoms with Gasteiger partial charge in [-0.1, -0.05) is 5.16 Å². The third kappa shape index (κ3) is 3.24. The zero-order valence-corrected chi connectivity index (χ0v) is 15.5. The second kappa shape index (κ2) is 6.95. The molecule has 1 fully saturated rings. The van der Waals surface area contributed by atoms with Crippen LogP contribution >= 0.6 is 11.3 Å². The number of rotatable bonds is 4. The van der Waals surface area contributed by atoms with Crippen molar-refractivity contribution in [3.8, 4) is 11.3 Å². The van der Waals surface area contributed by atoms with E-state index in [1.807, 2.05) is 24.9 Å². The number of hydrogen-bond donors (Lipinski definition) is 0. The Kier molecular flexibility index (Phi) is 4.50. The minimum absolute atomic E-state index is 0.0218. The monoisotopic (exact) mass is 369 g/mol. The largest absolute Gasteiger partial charge is 0.361 e. The summed E-state index contributed by atoms with van der Waals surface area (Å²) in [5.74, 6) is 1.17. The topological polar surface area (TPSA) is 85.0 Å². The SMILES string of the molecule is Cc1noc(C)c1-c1cnc(C[C@H]2CCN(C(=O)c3cscn3)C2)cn1. The van der Waals surface area contributed by atoms with E-state index in [1.54, 1.807) is 17.1 Å². The van der Waals surface area contributed by atoms with Gasteiger partial charge in [0.2, 0.25) is 0 Å². The van der Waals surface area contributed by atoms with Crippen molar-refractivity contribution < 1.29 is 9.32 Å². The minimum atomic E-state index is 0.0218. The predicted molar refractivity (Wildman–Crippen MR) is 96.8 cm³/mol. The summed E-state index contributed by atoms with van der Waals surface area (Å²) in [4.78, 5) is 27.4. The maximum atomic E-state index is 12.4. The van der Waals surface area contributed by atoms with Crippen LogP contribution in [0.25, 0.3) is 11.3 Å². The van der Waals surface area contributed by atoms with E-state index in [4.69, 9.17) is 4.52 Å². The second-order valence-electron chi connectivity index (χ2n) is 6.58. The van der Waals surface area contributed by atoms with Gasteiger partial charge in [-0.25, -0.2) is 4.98 Å². The summed E-state index contributed by atoms with van der Waals surface area (Å²) in [6.45, 7) is 5.28. The molecule has 1 saturated heterocycles. The van der Waals surface area contributed by atoms with Crippen LogP contribution in [0.2, 0.25) is 0 Å². The Labute approximate surface area is 155 Å². The van der Waals surface area contributed by atoms with Crippen molar-refractivity contribution in [3.05, 3.63) is 46.1 Å². The normalized spacial score (nSPS) is 17.0. The minimum Gasteiger partial charge on any atom is -0.361 e. The number of nitrogens with zero attached hydrogens (tertiary/aromatic N) is 5. The Hall–Kier alpha value is -2.61. The molecule has 8 heteroatoms. The van der Waals surface area contributed by atoms with Gasteiger partial charge in [0, 0.05) is 24.7 Å². The fourth-order valence-electron chi connectivity index (χ4n) is 3.40. The molecule has 0 aliphatic carbocycles. The third-order valence-electron chi connectivity index (χ3n) is 4.72. The lowest BCUT2D eigenvalue weighted by Crippen LogP contribution is -2.29. The maximum absolute atomic E-state index is 12.4. The Bertz CT molecular complexity index is 885. The number of carbonyl (C=O) groups is 1. The molecular weight excluding hydrogens is 350 g/mol. The summed E-state index contributed by atoms with van der Waals surface area (Å²) in [5.41, 5.74) is 5.67. The number of hydrogen-bond acceptors (Lipinski definition) is 7. The van der Waals surface area contributed by atoms with Crippen LogP contribution in [0.3, 0.4) is 0 Å². The van der Waals surface area contributed by atoms with E-state index in [0.717, 1.165) is 54.3 Å². The lowest BCUT2D eigenvalue weighted by molar-refractivity contribution is 0.0782. The molecule has 1 aliphatic rings. The first-order valence-corrected chi connectivity index (χ1v) is 9.47. The Balaban J connectivity index is 1.40.